The minimum atomic E-state index is -3.19. The number of hydrogen-bond donors (Lipinski definition) is 0. The molecule has 0 aliphatic carbocycles. The molecule has 2 aromatic rings. The SMILES string of the molecule is O=S(=O)(CCCOc1ccccc1)c1ccccc1. The summed E-state index contributed by atoms with van der Waals surface area (Å²) in [5, 5.41) is 0. The molecule has 0 bridgehead atoms. The second-order valence-electron chi connectivity index (χ2n) is 4.15. The lowest BCUT2D eigenvalue weighted by Gasteiger charge is -2.06. The summed E-state index contributed by atoms with van der Waals surface area (Å²) >= 11 is 0. The van der Waals surface area contributed by atoms with Crippen molar-refractivity contribution in [3.05, 3.63) is 60.7 Å². The maximum absolute atomic E-state index is 12.0. The van der Waals surface area contributed by atoms with Gasteiger partial charge in [0.15, 0.2) is 9.84 Å². The number of benzene rings is 2. The van der Waals surface area contributed by atoms with Gasteiger partial charge in [0, 0.05) is 0 Å². The van der Waals surface area contributed by atoms with Gasteiger partial charge in [-0.25, -0.2) is 8.42 Å². The van der Waals surface area contributed by atoms with Gasteiger partial charge >= 0.3 is 0 Å². The Morgan fingerprint density at radius 1 is 0.842 bits per heavy atom. The van der Waals surface area contributed by atoms with Gasteiger partial charge in [-0.1, -0.05) is 36.4 Å². The van der Waals surface area contributed by atoms with Crippen LogP contribution in [-0.4, -0.2) is 20.8 Å². The molecule has 0 aliphatic heterocycles. The molecular formula is C15H16O3S. The molecule has 0 unspecified atom stereocenters. The number of para-hydroxylation sites is 1. The van der Waals surface area contributed by atoms with Crippen LogP contribution in [0.1, 0.15) is 6.42 Å². The average molecular weight is 276 g/mol. The zero-order valence-corrected chi connectivity index (χ0v) is 11.3. The van der Waals surface area contributed by atoms with Gasteiger partial charge in [0.25, 0.3) is 0 Å². The van der Waals surface area contributed by atoms with Gasteiger partial charge < -0.3 is 4.74 Å². The first-order valence-electron chi connectivity index (χ1n) is 6.14. The third-order valence-corrected chi connectivity index (χ3v) is 4.49. The lowest BCUT2D eigenvalue weighted by atomic mass is 10.3. The first kappa shape index (κ1) is 13.6. The highest BCUT2D eigenvalue weighted by Gasteiger charge is 2.13. The summed E-state index contributed by atoms with van der Waals surface area (Å²) in [6, 6.07) is 17.9. The molecule has 19 heavy (non-hydrogen) atoms. The van der Waals surface area contributed by atoms with E-state index in [1.54, 1.807) is 30.3 Å². The Hall–Kier alpha value is -1.81. The lowest BCUT2D eigenvalue weighted by Crippen LogP contribution is -2.10. The van der Waals surface area contributed by atoms with Crippen LogP contribution in [0.2, 0.25) is 0 Å². The van der Waals surface area contributed by atoms with Crippen LogP contribution in [0.15, 0.2) is 65.6 Å². The summed E-state index contributed by atoms with van der Waals surface area (Å²) < 4.78 is 29.4. The number of hydrogen-bond acceptors (Lipinski definition) is 3. The van der Waals surface area contributed by atoms with Crippen molar-refractivity contribution in [1.29, 1.82) is 0 Å². The smallest absolute Gasteiger partial charge is 0.178 e. The Balaban J connectivity index is 1.83. The van der Waals surface area contributed by atoms with Gasteiger partial charge in [0.05, 0.1) is 17.3 Å². The fraction of sp³-hybridized carbons (Fsp3) is 0.200. The van der Waals surface area contributed by atoms with Crippen LogP contribution >= 0.6 is 0 Å². The number of ether oxygens (including phenoxy) is 1. The predicted molar refractivity (Wildman–Crippen MR) is 75.0 cm³/mol. The Morgan fingerprint density at radius 2 is 1.42 bits per heavy atom. The van der Waals surface area contributed by atoms with Gasteiger partial charge in [0.2, 0.25) is 0 Å². The molecule has 0 aromatic heterocycles. The summed E-state index contributed by atoms with van der Waals surface area (Å²) in [6.07, 6.45) is 0.478. The molecule has 0 saturated heterocycles. The van der Waals surface area contributed by atoms with E-state index in [1.165, 1.54) is 0 Å². The first-order chi connectivity index (χ1) is 9.18. The lowest BCUT2D eigenvalue weighted by molar-refractivity contribution is 0.317. The summed E-state index contributed by atoms with van der Waals surface area (Å²) in [4.78, 5) is 0.370. The molecule has 2 rings (SSSR count). The predicted octanol–water partition coefficient (Wildman–Crippen LogP) is 2.93. The van der Waals surface area contributed by atoms with Gasteiger partial charge in [-0.15, -0.1) is 0 Å². The highest BCUT2D eigenvalue weighted by atomic mass is 32.2. The van der Waals surface area contributed by atoms with Crippen LogP contribution in [-0.2, 0) is 9.84 Å². The zero-order chi connectivity index (χ0) is 13.6. The Morgan fingerprint density at radius 3 is 2.05 bits per heavy atom. The summed E-state index contributed by atoms with van der Waals surface area (Å²) in [5.41, 5.74) is 0. The molecule has 0 fully saturated rings. The molecule has 0 atom stereocenters. The molecule has 0 spiro atoms. The maximum Gasteiger partial charge on any atom is 0.178 e. The highest BCUT2D eigenvalue weighted by molar-refractivity contribution is 7.91. The fourth-order valence-corrected chi connectivity index (χ4v) is 3.01. The monoisotopic (exact) mass is 276 g/mol. The molecule has 3 nitrogen and oxygen atoms in total. The van der Waals surface area contributed by atoms with Gasteiger partial charge in [-0.2, -0.15) is 0 Å². The Labute approximate surface area is 113 Å². The quantitative estimate of drug-likeness (QED) is 0.762. The molecule has 0 saturated carbocycles. The molecule has 0 radical (unpaired) electrons. The van der Waals surface area contributed by atoms with Gasteiger partial charge in [-0.3, -0.25) is 0 Å². The van der Waals surface area contributed by atoms with Crippen molar-refractivity contribution in [2.24, 2.45) is 0 Å². The fourth-order valence-electron chi connectivity index (χ4n) is 1.70. The van der Waals surface area contributed by atoms with E-state index < -0.39 is 9.84 Å². The second-order valence-corrected chi connectivity index (χ2v) is 6.26. The van der Waals surface area contributed by atoms with Crippen LogP contribution < -0.4 is 4.74 Å². The van der Waals surface area contributed by atoms with Crippen molar-refractivity contribution in [3.8, 4) is 5.75 Å². The summed E-state index contributed by atoms with van der Waals surface area (Å²) in [7, 11) is -3.19. The van der Waals surface area contributed by atoms with E-state index in [9.17, 15) is 8.42 Å². The van der Waals surface area contributed by atoms with Gasteiger partial charge in [0.1, 0.15) is 5.75 Å². The van der Waals surface area contributed by atoms with E-state index in [4.69, 9.17) is 4.74 Å². The Bertz CT molecular complexity index is 592. The van der Waals surface area contributed by atoms with Crippen molar-refractivity contribution in [3.63, 3.8) is 0 Å². The molecule has 4 heteroatoms. The van der Waals surface area contributed by atoms with Crippen LogP contribution in [0.4, 0.5) is 0 Å². The van der Waals surface area contributed by atoms with Crippen molar-refractivity contribution < 1.29 is 13.2 Å². The minimum absolute atomic E-state index is 0.101. The third-order valence-electron chi connectivity index (χ3n) is 2.67. The first-order valence-corrected chi connectivity index (χ1v) is 7.79. The molecule has 2 aromatic carbocycles. The average Bonchev–Trinajstić information content (AvgIpc) is 2.46. The van der Waals surface area contributed by atoms with Crippen molar-refractivity contribution in [2.75, 3.05) is 12.4 Å². The van der Waals surface area contributed by atoms with E-state index >= 15 is 0 Å². The van der Waals surface area contributed by atoms with Crippen molar-refractivity contribution in [2.45, 2.75) is 11.3 Å². The maximum atomic E-state index is 12.0. The molecule has 0 heterocycles. The largest absolute Gasteiger partial charge is 0.494 e. The van der Waals surface area contributed by atoms with Crippen LogP contribution in [0, 0.1) is 0 Å². The molecule has 0 N–H and O–H groups in total. The van der Waals surface area contributed by atoms with Crippen molar-refractivity contribution in [1.82, 2.24) is 0 Å². The molecule has 0 amide bonds. The third kappa shape index (κ3) is 4.10. The Kier molecular flexibility index (Phi) is 4.58. The van der Waals surface area contributed by atoms with E-state index in [0.717, 1.165) is 5.75 Å². The molecular weight excluding hydrogens is 260 g/mol. The summed E-state index contributed by atoms with van der Waals surface area (Å²) in [5.74, 6) is 0.865. The number of rotatable bonds is 6. The van der Waals surface area contributed by atoms with E-state index in [-0.39, 0.29) is 5.75 Å². The van der Waals surface area contributed by atoms with Crippen LogP contribution in [0.25, 0.3) is 0 Å². The molecule has 0 aliphatic rings. The number of sulfone groups is 1. The van der Waals surface area contributed by atoms with Crippen molar-refractivity contribution >= 4 is 9.84 Å². The standard InChI is InChI=1S/C15H16O3S/c16-19(17,15-10-5-2-6-11-15)13-7-12-18-14-8-3-1-4-9-14/h1-6,8-11H,7,12-13H2. The molecule has 100 valence electrons. The van der Waals surface area contributed by atoms with E-state index in [1.807, 2.05) is 30.3 Å². The van der Waals surface area contributed by atoms with Gasteiger partial charge in [-0.05, 0) is 30.7 Å². The van der Waals surface area contributed by atoms with E-state index in [0.29, 0.717) is 17.9 Å². The van der Waals surface area contributed by atoms with Crippen LogP contribution in [0.3, 0.4) is 0 Å². The van der Waals surface area contributed by atoms with Crippen LogP contribution in [0.5, 0.6) is 5.75 Å². The minimum Gasteiger partial charge on any atom is -0.494 e. The topological polar surface area (TPSA) is 43.4 Å². The highest BCUT2D eigenvalue weighted by Crippen LogP contribution is 2.12. The normalized spacial score (nSPS) is 11.2. The summed E-state index contributed by atoms with van der Waals surface area (Å²) in [6.45, 7) is 0.399. The zero-order valence-electron chi connectivity index (χ0n) is 10.5. The van der Waals surface area contributed by atoms with E-state index in [2.05, 4.69) is 0 Å². The second kappa shape index (κ2) is 6.38.